The maximum absolute atomic E-state index is 10.7. The second-order valence-corrected chi connectivity index (χ2v) is 11.3. The van der Waals surface area contributed by atoms with Crippen LogP contribution >= 0.6 is 0 Å². The van der Waals surface area contributed by atoms with Crippen LogP contribution in [0.1, 0.15) is 79.0 Å². The molecule has 0 aliphatic carbocycles. The fourth-order valence-corrected chi connectivity index (χ4v) is 2.86. The summed E-state index contributed by atoms with van der Waals surface area (Å²) in [5.74, 6) is 0.244. The molecule has 0 N–H and O–H groups in total. The first-order chi connectivity index (χ1) is 15.0. The molecule has 4 heteroatoms. The van der Waals surface area contributed by atoms with Crippen LogP contribution in [0, 0.1) is 37.3 Å². The van der Waals surface area contributed by atoms with Crippen molar-refractivity contribution in [2.45, 2.75) is 78.6 Å². The summed E-state index contributed by atoms with van der Waals surface area (Å²) in [4.78, 5) is 0. The van der Waals surface area contributed by atoms with Crippen LogP contribution in [0.5, 0.6) is 17.2 Å². The van der Waals surface area contributed by atoms with E-state index in [1.54, 1.807) is 36.4 Å². The van der Waals surface area contributed by atoms with E-state index in [4.69, 9.17) is 0 Å². The molecule has 0 bridgehead atoms. The molecule has 0 saturated heterocycles. The molecule has 3 rings (SSSR count). The zero-order valence-electron chi connectivity index (χ0n) is 21.9. The van der Waals surface area contributed by atoms with Crippen LogP contribution < -0.4 is 15.3 Å². The fourth-order valence-electron chi connectivity index (χ4n) is 2.86. The predicted octanol–water partition coefficient (Wildman–Crippen LogP) is 6.17. The molecule has 0 aliphatic heterocycles. The summed E-state index contributed by atoms with van der Waals surface area (Å²) < 4.78 is 0. The summed E-state index contributed by atoms with van der Waals surface area (Å²) in [6.45, 7) is 19.2. The van der Waals surface area contributed by atoms with Gasteiger partial charge >= 0.3 is 37.3 Å². The minimum atomic E-state index is 0. The van der Waals surface area contributed by atoms with E-state index in [9.17, 15) is 15.3 Å². The Bertz CT molecular complexity index is 823. The molecule has 3 aromatic carbocycles. The van der Waals surface area contributed by atoms with Crippen molar-refractivity contribution in [2.75, 3.05) is 0 Å². The molecular weight excluding hydrogens is 576 g/mol. The Morgan fingerprint density at radius 3 is 0.618 bits per heavy atom. The number of hydrogen-bond acceptors (Lipinski definition) is 3. The molecule has 0 amide bonds. The fraction of sp³-hybridized carbons (Fsp3) is 0.400. The van der Waals surface area contributed by atoms with Gasteiger partial charge in [-0.05, 0) is 32.9 Å². The van der Waals surface area contributed by atoms with Gasteiger partial charge in [0.05, 0.1) is 0 Å². The van der Waals surface area contributed by atoms with Gasteiger partial charge in [-0.15, -0.1) is 17.2 Å². The van der Waals surface area contributed by atoms with Crippen LogP contribution in [-0.4, -0.2) is 0 Å². The molecule has 0 fully saturated rings. The molecule has 3 aromatic rings. The van der Waals surface area contributed by atoms with Gasteiger partial charge in [-0.25, -0.2) is 0 Å². The van der Waals surface area contributed by atoms with E-state index in [-0.39, 0.29) is 70.8 Å². The molecule has 0 aromatic heterocycles. The summed E-state index contributed by atoms with van der Waals surface area (Å²) in [7, 11) is 0. The van der Waals surface area contributed by atoms with Gasteiger partial charge in [0.25, 0.3) is 0 Å². The van der Waals surface area contributed by atoms with Crippen molar-refractivity contribution in [3.05, 3.63) is 89.5 Å². The van der Waals surface area contributed by atoms with Crippen molar-refractivity contribution >= 4 is 0 Å². The number of rotatable bonds is 0. The Morgan fingerprint density at radius 1 is 0.353 bits per heavy atom. The molecule has 0 atom stereocenters. The quantitative estimate of drug-likeness (QED) is 0.304. The first kappa shape index (κ1) is 32.3. The first-order valence-electron chi connectivity index (χ1n) is 11.3. The van der Waals surface area contributed by atoms with Gasteiger partial charge in [0.1, 0.15) is 0 Å². The molecule has 0 unspecified atom stereocenters. The normalized spacial score (nSPS) is 11.2. The number of hydrogen-bond donors (Lipinski definition) is 0. The van der Waals surface area contributed by atoms with Crippen LogP contribution in [-0.2, 0) is 16.2 Å². The molecule has 1 radical (unpaired) electrons. The summed E-state index contributed by atoms with van der Waals surface area (Å²) in [6.07, 6.45) is 0. The van der Waals surface area contributed by atoms with Crippen molar-refractivity contribution in [2.24, 2.45) is 0 Å². The van der Waals surface area contributed by atoms with Crippen LogP contribution in [0.2, 0.25) is 0 Å². The smallest absolute Gasteiger partial charge is 0.872 e. The summed E-state index contributed by atoms with van der Waals surface area (Å²) in [5, 5.41) is 32.2. The third-order valence-corrected chi connectivity index (χ3v) is 5.16. The SMILES string of the molecule is CC(C)(C)c1ccc([O-])cc1.CC(C)(C)c1ccc([O-])cc1.CC(C)(C)c1ccc([O-])cc1.[Er+3]. The van der Waals surface area contributed by atoms with Crippen molar-refractivity contribution in [1.82, 2.24) is 0 Å². The average Bonchev–Trinajstić information content (AvgIpc) is 2.68. The van der Waals surface area contributed by atoms with E-state index < -0.39 is 0 Å². The monoisotopic (exact) mass is 613 g/mol. The van der Waals surface area contributed by atoms with E-state index in [0.29, 0.717) is 0 Å². The molecule has 0 saturated carbocycles. The van der Waals surface area contributed by atoms with Gasteiger partial charge in [0.2, 0.25) is 0 Å². The molecule has 3 nitrogen and oxygen atoms in total. The third kappa shape index (κ3) is 12.1. The predicted molar refractivity (Wildman–Crippen MR) is 134 cm³/mol. The zero-order valence-corrected chi connectivity index (χ0v) is 23.8. The van der Waals surface area contributed by atoms with Crippen LogP contribution in [0.3, 0.4) is 0 Å². The van der Waals surface area contributed by atoms with Crippen LogP contribution in [0.15, 0.2) is 72.8 Å². The second-order valence-electron chi connectivity index (χ2n) is 11.3. The summed E-state index contributed by atoms with van der Waals surface area (Å²) in [6, 6.07) is 21.0. The van der Waals surface area contributed by atoms with Crippen molar-refractivity contribution in [3.63, 3.8) is 0 Å². The van der Waals surface area contributed by atoms with Gasteiger partial charge in [-0.2, -0.15) is 0 Å². The third-order valence-electron chi connectivity index (χ3n) is 5.16. The molecule has 189 valence electrons. The Labute approximate surface area is 236 Å². The van der Waals surface area contributed by atoms with Crippen molar-refractivity contribution in [1.29, 1.82) is 0 Å². The van der Waals surface area contributed by atoms with E-state index in [0.717, 1.165) is 0 Å². The Balaban J connectivity index is 0.000000473. The molecule has 0 spiro atoms. The van der Waals surface area contributed by atoms with Gasteiger partial charge < -0.3 is 15.3 Å². The van der Waals surface area contributed by atoms with Crippen molar-refractivity contribution in [3.8, 4) is 17.2 Å². The molecule has 0 aliphatic rings. The molecular formula is C30H39ErO3. The Morgan fingerprint density at radius 2 is 0.500 bits per heavy atom. The topological polar surface area (TPSA) is 69.2 Å². The van der Waals surface area contributed by atoms with Gasteiger partial charge in [0.15, 0.2) is 0 Å². The van der Waals surface area contributed by atoms with Crippen LogP contribution in [0.25, 0.3) is 0 Å². The van der Waals surface area contributed by atoms with E-state index >= 15 is 0 Å². The van der Waals surface area contributed by atoms with E-state index in [1.165, 1.54) is 16.7 Å². The minimum absolute atomic E-state index is 0. The average molecular weight is 615 g/mol. The van der Waals surface area contributed by atoms with Gasteiger partial charge in [0, 0.05) is 0 Å². The number of benzene rings is 3. The second kappa shape index (κ2) is 13.4. The summed E-state index contributed by atoms with van der Waals surface area (Å²) >= 11 is 0. The standard InChI is InChI=1S/3C10H14O.Er/c3*1-10(2,3)8-4-6-9(11)7-5-8;/h3*4-7,11H,1-3H3;/q;;;+3/p-3. The minimum Gasteiger partial charge on any atom is -0.872 e. The van der Waals surface area contributed by atoms with E-state index in [2.05, 4.69) is 62.3 Å². The Kier molecular flexibility index (Phi) is 12.7. The molecule has 34 heavy (non-hydrogen) atoms. The maximum atomic E-state index is 10.7. The van der Waals surface area contributed by atoms with Crippen molar-refractivity contribution < 1.29 is 52.6 Å². The zero-order chi connectivity index (χ0) is 25.4. The maximum Gasteiger partial charge on any atom is 3.00 e. The van der Waals surface area contributed by atoms with Crippen LogP contribution in [0.4, 0.5) is 0 Å². The first-order valence-corrected chi connectivity index (χ1v) is 11.3. The largest absolute Gasteiger partial charge is 3.00 e. The Hall–Kier alpha value is -1.69. The summed E-state index contributed by atoms with van der Waals surface area (Å²) in [5.41, 5.74) is 4.06. The van der Waals surface area contributed by atoms with Gasteiger partial charge in [-0.3, -0.25) is 0 Å². The van der Waals surface area contributed by atoms with Gasteiger partial charge in [-0.1, -0.05) is 135 Å². The van der Waals surface area contributed by atoms with E-state index in [1.807, 2.05) is 36.4 Å². The molecule has 0 heterocycles.